The number of amides is 1. The van der Waals surface area contributed by atoms with Crippen LogP contribution in [0, 0.1) is 0 Å². The number of benzene rings is 2. The fourth-order valence-electron chi connectivity index (χ4n) is 2.14. The summed E-state index contributed by atoms with van der Waals surface area (Å²) in [6.07, 6.45) is 0. The average molecular weight is 286 g/mol. The van der Waals surface area contributed by atoms with Crippen molar-refractivity contribution in [2.24, 2.45) is 0 Å². The highest BCUT2D eigenvalue weighted by atomic mass is 16.5. The number of rotatable bonds is 4. The molecule has 0 aliphatic rings. The first-order chi connectivity index (χ1) is 10.1. The third-order valence-electron chi connectivity index (χ3n) is 3.24. The van der Waals surface area contributed by atoms with Crippen LogP contribution in [0.15, 0.2) is 42.5 Å². The number of carbonyl (C=O) groups is 1. The van der Waals surface area contributed by atoms with Gasteiger partial charge in [-0.2, -0.15) is 0 Å². The van der Waals surface area contributed by atoms with Crippen LogP contribution in [0.3, 0.4) is 0 Å². The lowest BCUT2D eigenvalue weighted by Gasteiger charge is -2.21. The van der Waals surface area contributed by atoms with Crippen LogP contribution in [0.1, 0.15) is 10.4 Å². The molecule has 0 unspecified atom stereocenters. The van der Waals surface area contributed by atoms with Crippen molar-refractivity contribution in [2.45, 2.75) is 0 Å². The van der Waals surface area contributed by atoms with Crippen LogP contribution in [0.5, 0.6) is 11.5 Å². The number of nitrogen functional groups attached to an aromatic ring is 1. The molecule has 21 heavy (non-hydrogen) atoms. The molecule has 2 N–H and O–H groups in total. The van der Waals surface area contributed by atoms with Crippen LogP contribution < -0.4 is 20.1 Å². The van der Waals surface area contributed by atoms with Gasteiger partial charge in [-0.05, 0) is 24.3 Å². The van der Waals surface area contributed by atoms with Crippen molar-refractivity contribution < 1.29 is 14.3 Å². The molecule has 5 heteroatoms. The van der Waals surface area contributed by atoms with E-state index in [1.54, 1.807) is 37.4 Å². The van der Waals surface area contributed by atoms with Crippen LogP contribution >= 0.6 is 0 Å². The minimum atomic E-state index is -0.219. The second-order valence-corrected chi connectivity index (χ2v) is 4.46. The molecule has 0 radical (unpaired) electrons. The summed E-state index contributed by atoms with van der Waals surface area (Å²) < 4.78 is 10.5. The van der Waals surface area contributed by atoms with Gasteiger partial charge in [0.25, 0.3) is 5.91 Å². The molecule has 110 valence electrons. The van der Waals surface area contributed by atoms with E-state index in [2.05, 4.69) is 0 Å². The molecule has 2 aromatic rings. The van der Waals surface area contributed by atoms with Crippen molar-refractivity contribution in [3.05, 3.63) is 48.0 Å². The van der Waals surface area contributed by atoms with Crippen molar-refractivity contribution in [1.29, 1.82) is 0 Å². The van der Waals surface area contributed by atoms with E-state index >= 15 is 0 Å². The summed E-state index contributed by atoms with van der Waals surface area (Å²) in [5.74, 6) is 0.702. The van der Waals surface area contributed by atoms with E-state index in [1.165, 1.54) is 19.1 Å². The minimum absolute atomic E-state index is 0.219. The smallest absolute Gasteiger partial charge is 0.261 e. The topological polar surface area (TPSA) is 64.8 Å². The maximum Gasteiger partial charge on any atom is 0.261 e. The van der Waals surface area contributed by atoms with E-state index in [0.717, 1.165) is 0 Å². The van der Waals surface area contributed by atoms with E-state index in [4.69, 9.17) is 15.2 Å². The van der Waals surface area contributed by atoms with E-state index in [-0.39, 0.29) is 5.91 Å². The first-order valence-corrected chi connectivity index (χ1v) is 6.43. The highest BCUT2D eigenvalue weighted by Gasteiger charge is 2.21. The second kappa shape index (κ2) is 6.17. The molecule has 0 aliphatic carbocycles. The van der Waals surface area contributed by atoms with Crippen LogP contribution in [-0.2, 0) is 0 Å². The van der Waals surface area contributed by atoms with E-state index in [0.29, 0.717) is 28.4 Å². The summed E-state index contributed by atoms with van der Waals surface area (Å²) in [4.78, 5) is 14.2. The molecule has 0 spiro atoms. The van der Waals surface area contributed by atoms with Gasteiger partial charge >= 0.3 is 0 Å². The fourth-order valence-corrected chi connectivity index (χ4v) is 2.14. The predicted molar refractivity (Wildman–Crippen MR) is 83.1 cm³/mol. The van der Waals surface area contributed by atoms with Crippen molar-refractivity contribution in [1.82, 2.24) is 0 Å². The lowest BCUT2D eigenvalue weighted by atomic mass is 10.1. The highest BCUT2D eigenvalue weighted by Crippen LogP contribution is 2.32. The maximum absolute atomic E-state index is 12.7. The van der Waals surface area contributed by atoms with Gasteiger partial charge in [0.15, 0.2) is 11.5 Å². The lowest BCUT2D eigenvalue weighted by molar-refractivity contribution is 0.0989. The summed E-state index contributed by atoms with van der Waals surface area (Å²) in [5, 5.41) is 0. The number of hydrogen-bond donors (Lipinski definition) is 1. The first-order valence-electron chi connectivity index (χ1n) is 6.43. The zero-order valence-electron chi connectivity index (χ0n) is 12.3. The molecule has 2 aromatic carbocycles. The number of para-hydroxylation sites is 3. The Morgan fingerprint density at radius 1 is 1.05 bits per heavy atom. The van der Waals surface area contributed by atoms with Gasteiger partial charge in [0.1, 0.15) is 0 Å². The number of hydrogen-bond acceptors (Lipinski definition) is 4. The molecule has 0 atom stereocenters. The minimum Gasteiger partial charge on any atom is -0.493 e. The summed E-state index contributed by atoms with van der Waals surface area (Å²) in [6.45, 7) is 0. The Morgan fingerprint density at radius 3 is 2.38 bits per heavy atom. The zero-order valence-corrected chi connectivity index (χ0v) is 12.3. The number of ether oxygens (including phenoxy) is 2. The Morgan fingerprint density at radius 2 is 1.76 bits per heavy atom. The summed E-state index contributed by atoms with van der Waals surface area (Å²) in [5.41, 5.74) is 7.52. The number of nitrogens with two attached hydrogens (primary N) is 1. The molecular weight excluding hydrogens is 268 g/mol. The normalized spacial score (nSPS) is 10.0. The summed E-state index contributed by atoms with van der Waals surface area (Å²) in [6, 6.07) is 12.4. The van der Waals surface area contributed by atoms with Gasteiger partial charge in [0.2, 0.25) is 0 Å². The number of anilines is 2. The second-order valence-electron chi connectivity index (χ2n) is 4.46. The van der Waals surface area contributed by atoms with E-state index in [9.17, 15) is 4.79 Å². The van der Waals surface area contributed by atoms with Gasteiger partial charge in [-0.25, -0.2) is 0 Å². The highest BCUT2D eigenvalue weighted by molar-refractivity contribution is 6.09. The first kappa shape index (κ1) is 14.7. The molecular formula is C16H18N2O3. The summed E-state index contributed by atoms with van der Waals surface area (Å²) in [7, 11) is 4.71. The molecule has 0 aromatic heterocycles. The SMILES string of the molecule is COc1cccc(C(=O)N(C)c2ccccc2N)c1OC. The van der Waals surface area contributed by atoms with Crippen molar-refractivity contribution in [3.63, 3.8) is 0 Å². The van der Waals surface area contributed by atoms with Gasteiger partial charge in [-0.3, -0.25) is 4.79 Å². The molecule has 0 saturated heterocycles. The maximum atomic E-state index is 12.7. The molecule has 0 heterocycles. The Hall–Kier alpha value is -2.69. The number of methoxy groups -OCH3 is 2. The summed E-state index contributed by atoms with van der Waals surface area (Å²) >= 11 is 0. The molecule has 0 saturated carbocycles. The monoisotopic (exact) mass is 286 g/mol. The Balaban J connectivity index is 2.43. The van der Waals surface area contributed by atoms with Crippen LogP contribution in [-0.4, -0.2) is 27.2 Å². The number of carbonyl (C=O) groups excluding carboxylic acids is 1. The Bertz CT molecular complexity index is 656. The van der Waals surface area contributed by atoms with Crippen molar-refractivity contribution in [3.8, 4) is 11.5 Å². The molecule has 1 amide bonds. The van der Waals surface area contributed by atoms with Gasteiger partial charge in [-0.1, -0.05) is 18.2 Å². The fraction of sp³-hybridized carbons (Fsp3) is 0.188. The molecule has 0 fully saturated rings. The number of nitrogens with zero attached hydrogens (tertiary/aromatic N) is 1. The van der Waals surface area contributed by atoms with Crippen LogP contribution in [0.2, 0.25) is 0 Å². The van der Waals surface area contributed by atoms with E-state index in [1.807, 2.05) is 12.1 Å². The third-order valence-corrected chi connectivity index (χ3v) is 3.24. The van der Waals surface area contributed by atoms with Gasteiger partial charge in [0.05, 0.1) is 31.2 Å². The zero-order chi connectivity index (χ0) is 15.4. The average Bonchev–Trinajstić information content (AvgIpc) is 2.53. The van der Waals surface area contributed by atoms with Crippen LogP contribution in [0.25, 0.3) is 0 Å². The predicted octanol–water partition coefficient (Wildman–Crippen LogP) is 2.56. The van der Waals surface area contributed by atoms with E-state index < -0.39 is 0 Å². The third kappa shape index (κ3) is 2.76. The Labute approximate surface area is 123 Å². The van der Waals surface area contributed by atoms with Crippen molar-refractivity contribution in [2.75, 3.05) is 31.9 Å². The van der Waals surface area contributed by atoms with Gasteiger partial charge < -0.3 is 20.1 Å². The van der Waals surface area contributed by atoms with Gasteiger partial charge in [0, 0.05) is 7.05 Å². The molecule has 0 aliphatic heterocycles. The lowest BCUT2D eigenvalue weighted by Crippen LogP contribution is -2.27. The quantitative estimate of drug-likeness (QED) is 0.877. The molecule has 2 rings (SSSR count). The van der Waals surface area contributed by atoms with Crippen LogP contribution in [0.4, 0.5) is 11.4 Å². The standard InChI is InChI=1S/C16H18N2O3/c1-18(13-9-5-4-8-12(13)17)16(19)11-7-6-10-14(20-2)15(11)21-3/h4-10H,17H2,1-3H3. The van der Waals surface area contributed by atoms with Crippen molar-refractivity contribution >= 4 is 17.3 Å². The van der Waals surface area contributed by atoms with Gasteiger partial charge in [-0.15, -0.1) is 0 Å². The largest absolute Gasteiger partial charge is 0.493 e. The molecule has 5 nitrogen and oxygen atoms in total. The Kier molecular flexibility index (Phi) is 4.33. The molecule has 0 bridgehead atoms.